The number of carboxylic acid groups (broad SMARTS) is 1. The van der Waals surface area contributed by atoms with Gasteiger partial charge in [0.15, 0.2) is 6.23 Å². The van der Waals surface area contributed by atoms with Crippen molar-refractivity contribution in [2.75, 3.05) is 0 Å². The van der Waals surface area contributed by atoms with Crippen molar-refractivity contribution in [3.8, 4) is 0 Å². The van der Waals surface area contributed by atoms with Crippen LogP contribution in [0.25, 0.3) is 0 Å². The van der Waals surface area contributed by atoms with Crippen LogP contribution < -0.4 is 17.0 Å². The summed E-state index contributed by atoms with van der Waals surface area (Å²) in [5, 5.41) is 38.3. The molecule has 0 aromatic carbocycles. The van der Waals surface area contributed by atoms with E-state index in [0.29, 0.717) is 0 Å². The predicted octanol–water partition coefficient (Wildman–Crippen LogP) is -4.07. The van der Waals surface area contributed by atoms with Crippen LogP contribution in [-0.4, -0.2) is 66.4 Å². The Balaban J connectivity index is 2.28. The lowest BCUT2D eigenvalue weighted by Crippen LogP contribution is -2.51. The fourth-order valence-corrected chi connectivity index (χ4v) is 2.18. The van der Waals surface area contributed by atoms with E-state index in [1.165, 1.54) is 0 Å². The zero-order valence-corrected chi connectivity index (χ0v) is 11.1. The summed E-state index contributed by atoms with van der Waals surface area (Å²) in [5.74, 6) is -1.53. The van der Waals surface area contributed by atoms with Gasteiger partial charge < -0.3 is 30.9 Å². The number of nitrogens with zero attached hydrogens (tertiary/aromatic N) is 1. The van der Waals surface area contributed by atoms with E-state index in [1.54, 1.807) is 0 Å². The van der Waals surface area contributed by atoms with Gasteiger partial charge in [-0.2, -0.15) is 0 Å². The summed E-state index contributed by atoms with van der Waals surface area (Å²) in [6, 6.07) is -0.755. The first-order valence-electron chi connectivity index (χ1n) is 6.23. The van der Waals surface area contributed by atoms with Crippen LogP contribution in [-0.2, 0) is 9.53 Å². The quantitative estimate of drug-likeness (QED) is 0.321. The minimum Gasteiger partial charge on any atom is -0.480 e. The number of nitrogens with one attached hydrogen (secondary N) is 1. The van der Waals surface area contributed by atoms with Crippen molar-refractivity contribution in [2.24, 2.45) is 5.73 Å². The Hall–Kier alpha value is -2.05. The van der Waals surface area contributed by atoms with Crippen LogP contribution >= 0.6 is 0 Å². The van der Waals surface area contributed by atoms with Gasteiger partial charge in [-0.3, -0.25) is 19.1 Å². The molecule has 0 radical (unpaired) electrons. The fraction of sp³-hybridized carbons (Fsp3) is 0.545. The van der Waals surface area contributed by atoms with Gasteiger partial charge in [-0.15, -0.1) is 0 Å². The van der Waals surface area contributed by atoms with Crippen LogP contribution in [0.3, 0.4) is 0 Å². The van der Waals surface area contributed by atoms with E-state index >= 15 is 0 Å². The zero-order chi connectivity index (χ0) is 16.6. The minimum absolute atomic E-state index is 0.668. The summed E-state index contributed by atoms with van der Waals surface area (Å²) in [6.45, 7) is 0. The number of carboxylic acids is 1. The highest BCUT2D eigenvalue weighted by atomic mass is 16.6. The van der Waals surface area contributed by atoms with Gasteiger partial charge in [0.2, 0.25) is 0 Å². The topological polar surface area (TPSA) is 188 Å². The first kappa shape index (κ1) is 16.3. The molecule has 2 unspecified atom stereocenters. The van der Waals surface area contributed by atoms with E-state index in [9.17, 15) is 29.7 Å². The van der Waals surface area contributed by atoms with Crippen molar-refractivity contribution in [1.82, 2.24) is 9.55 Å². The maximum absolute atomic E-state index is 11.7. The standard InChI is InChI=1S/C11H15N3O8/c12-4(10(19)20)5(16)8-6(17)7(18)9(22-8)14-2-1-3(15)13-11(14)21/h1-2,4-9,16-18H,12H2,(H,19,20)(H,13,15,21)/t4-,5+,6?,7?,8+,9+/m0/s1. The number of carbonyl (C=O) groups is 1. The number of rotatable bonds is 4. The van der Waals surface area contributed by atoms with Gasteiger partial charge in [-0.1, -0.05) is 0 Å². The number of hydrogen-bond acceptors (Lipinski definition) is 8. The van der Waals surface area contributed by atoms with Crippen molar-refractivity contribution in [2.45, 2.75) is 36.7 Å². The molecule has 22 heavy (non-hydrogen) atoms. The molecule has 1 aromatic rings. The lowest BCUT2D eigenvalue weighted by molar-refractivity contribution is -0.147. The van der Waals surface area contributed by atoms with Gasteiger partial charge in [0, 0.05) is 12.3 Å². The molecule has 1 aliphatic rings. The largest absolute Gasteiger partial charge is 0.480 e. The van der Waals surface area contributed by atoms with Gasteiger partial charge in [0.25, 0.3) is 5.56 Å². The highest BCUT2D eigenvalue weighted by Crippen LogP contribution is 2.30. The lowest BCUT2D eigenvalue weighted by Gasteiger charge is -2.23. The monoisotopic (exact) mass is 317 g/mol. The second kappa shape index (κ2) is 5.98. The number of aliphatic hydroxyl groups is 3. The number of aliphatic carboxylic acids is 1. The van der Waals surface area contributed by atoms with Crippen molar-refractivity contribution in [1.29, 1.82) is 0 Å². The van der Waals surface area contributed by atoms with E-state index in [0.717, 1.165) is 16.8 Å². The lowest BCUT2D eigenvalue weighted by atomic mass is 10.0. The number of nitrogens with two attached hydrogens (primary N) is 1. The van der Waals surface area contributed by atoms with Crippen LogP contribution in [0.2, 0.25) is 0 Å². The molecule has 0 bridgehead atoms. The fourth-order valence-electron chi connectivity index (χ4n) is 2.18. The maximum Gasteiger partial charge on any atom is 0.330 e. The van der Waals surface area contributed by atoms with Gasteiger partial charge >= 0.3 is 11.7 Å². The number of H-pyrrole nitrogens is 1. The van der Waals surface area contributed by atoms with Crippen molar-refractivity contribution < 1.29 is 30.0 Å². The summed E-state index contributed by atoms with van der Waals surface area (Å²) in [4.78, 5) is 35.3. The number of hydrogen-bond donors (Lipinski definition) is 6. The molecule has 1 fully saturated rings. The van der Waals surface area contributed by atoms with Crippen molar-refractivity contribution in [3.63, 3.8) is 0 Å². The Bertz CT molecular complexity index is 670. The zero-order valence-electron chi connectivity index (χ0n) is 11.1. The van der Waals surface area contributed by atoms with E-state index < -0.39 is 53.9 Å². The maximum atomic E-state index is 11.7. The number of aromatic nitrogens is 2. The Labute approximate surface area is 122 Å². The molecule has 1 saturated heterocycles. The first-order valence-corrected chi connectivity index (χ1v) is 6.23. The molecular weight excluding hydrogens is 302 g/mol. The number of aromatic amines is 1. The third-order valence-electron chi connectivity index (χ3n) is 3.39. The predicted molar refractivity (Wildman–Crippen MR) is 68.9 cm³/mol. The van der Waals surface area contributed by atoms with E-state index in [-0.39, 0.29) is 0 Å². The van der Waals surface area contributed by atoms with Crippen molar-refractivity contribution in [3.05, 3.63) is 33.1 Å². The average Bonchev–Trinajstić information content (AvgIpc) is 2.74. The third-order valence-corrected chi connectivity index (χ3v) is 3.39. The van der Waals surface area contributed by atoms with E-state index in [2.05, 4.69) is 0 Å². The average molecular weight is 317 g/mol. The Morgan fingerprint density at radius 2 is 2.00 bits per heavy atom. The first-order chi connectivity index (χ1) is 10.2. The minimum atomic E-state index is -1.81. The molecule has 2 heterocycles. The SMILES string of the molecule is N[C@H](C(=O)O)[C@@H](O)[C@H]1O[C@@H](n2ccc(=O)[nH]c2=O)C(O)C1O. The van der Waals surface area contributed by atoms with Gasteiger partial charge in [0.05, 0.1) is 0 Å². The molecule has 11 nitrogen and oxygen atoms in total. The number of aliphatic hydroxyl groups excluding tert-OH is 3. The highest BCUT2D eigenvalue weighted by Gasteiger charge is 2.49. The summed E-state index contributed by atoms with van der Waals surface area (Å²) in [7, 11) is 0. The van der Waals surface area contributed by atoms with E-state index in [1.807, 2.05) is 4.98 Å². The van der Waals surface area contributed by atoms with Gasteiger partial charge in [-0.25, -0.2) is 4.79 Å². The molecule has 0 spiro atoms. The summed E-state index contributed by atoms with van der Waals surface area (Å²) in [5.41, 5.74) is 3.67. The van der Waals surface area contributed by atoms with Gasteiger partial charge in [0.1, 0.15) is 30.5 Å². The Kier molecular flexibility index (Phi) is 4.44. The number of ether oxygens (including phenoxy) is 1. The second-order valence-electron chi connectivity index (χ2n) is 4.84. The molecule has 0 amide bonds. The Morgan fingerprint density at radius 1 is 1.36 bits per heavy atom. The third kappa shape index (κ3) is 2.80. The molecule has 6 atom stereocenters. The van der Waals surface area contributed by atoms with E-state index in [4.69, 9.17) is 15.6 Å². The smallest absolute Gasteiger partial charge is 0.330 e. The molecule has 0 aliphatic carbocycles. The highest BCUT2D eigenvalue weighted by molar-refractivity contribution is 5.74. The molecule has 11 heteroatoms. The normalized spacial score (nSPS) is 30.9. The molecular formula is C11H15N3O8. The van der Waals surface area contributed by atoms with Crippen LogP contribution in [0.15, 0.2) is 21.9 Å². The second-order valence-corrected chi connectivity index (χ2v) is 4.84. The van der Waals surface area contributed by atoms with Crippen molar-refractivity contribution >= 4 is 5.97 Å². The van der Waals surface area contributed by atoms with Crippen LogP contribution in [0.4, 0.5) is 0 Å². The van der Waals surface area contributed by atoms with Gasteiger partial charge in [-0.05, 0) is 0 Å². The summed E-state index contributed by atoms with van der Waals surface area (Å²) in [6.07, 6.45) is -7.03. The molecule has 0 saturated carbocycles. The molecule has 1 aliphatic heterocycles. The Morgan fingerprint density at radius 3 is 2.55 bits per heavy atom. The summed E-state index contributed by atoms with van der Waals surface area (Å²) < 4.78 is 5.97. The molecule has 122 valence electrons. The van der Waals surface area contributed by atoms with Crippen LogP contribution in [0.1, 0.15) is 6.23 Å². The van der Waals surface area contributed by atoms with Crippen LogP contribution in [0, 0.1) is 0 Å². The van der Waals surface area contributed by atoms with Crippen LogP contribution in [0.5, 0.6) is 0 Å². The molecule has 2 rings (SSSR count). The molecule has 1 aromatic heterocycles. The molecule has 7 N–H and O–H groups in total. The summed E-state index contributed by atoms with van der Waals surface area (Å²) >= 11 is 0.